The first-order chi connectivity index (χ1) is 42.7. The molecule has 0 amide bonds. The van der Waals surface area contributed by atoms with E-state index in [9.17, 15) is 0 Å². The third kappa shape index (κ3) is 8.94. The van der Waals surface area contributed by atoms with Crippen molar-refractivity contribution in [2.24, 2.45) is 0 Å². The van der Waals surface area contributed by atoms with Gasteiger partial charge in [0.1, 0.15) is 23.0 Å². The molecule has 0 N–H and O–H groups in total. The molecule has 6 nitrogen and oxygen atoms in total. The van der Waals surface area contributed by atoms with Gasteiger partial charge >= 0.3 is 0 Å². The number of anilines is 12. The molecular formula is C78H53B2N4O2. The predicted octanol–water partition coefficient (Wildman–Crippen LogP) is 17.6. The molecule has 16 rings (SSSR count). The van der Waals surface area contributed by atoms with E-state index in [0.717, 1.165) is 113 Å². The van der Waals surface area contributed by atoms with Gasteiger partial charge in [-0.1, -0.05) is 212 Å². The third-order valence-corrected chi connectivity index (χ3v) is 16.7. The maximum atomic E-state index is 7.57. The lowest BCUT2D eigenvalue weighted by Crippen LogP contribution is -2.62. The average molecular weight is 1100 g/mol. The molecule has 0 aliphatic carbocycles. The minimum atomic E-state index is -0.233. The van der Waals surface area contributed by atoms with E-state index in [1.54, 1.807) is 0 Å². The van der Waals surface area contributed by atoms with E-state index in [-0.39, 0.29) is 6.71 Å². The maximum Gasteiger partial charge on any atom is 0.252 e. The summed E-state index contributed by atoms with van der Waals surface area (Å²) >= 11 is 0. The van der Waals surface area contributed by atoms with Crippen LogP contribution in [0.1, 0.15) is 0 Å². The Balaban J connectivity index is 1.02. The van der Waals surface area contributed by atoms with Crippen molar-refractivity contribution >= 4 is 110 Å². The molecule has 3 heterocycles. The van der Waals surface area contributed by atoms with Crippen LogP contribution in [0.4, 0.5) is 68.2 Å². The molecule has 0 aromatic heterocycles. The summed E-state index contributed by atoms with van der Waals surface area (Å²) in [5.74, 6) is 2.72. The summed E-state index contributed by atoms with van der Waals surface area (Å²) in [6.45, 7) is -0.233. The fourth-order valence-electron chi connectivity index (χ4n) is 13.0. The maximum absolute atomic E-state index is 7.57. The molecule has 0 atom stereocenters. The molecule has 0 unspecified atom stereocenters. The second kappa shape index (κ2) is 21.5. The summed E-state index contributed by atoms with van der Waals surface area (Å²) in [7, 11) is 2.23. The van der Waals surface area contributed by atoms with Crippen LogP contribution in [-0.2, 0) is 0 Å². The lowest BCUT2D eigenvalue weighted by Gasteiger charge is -2.46. The van der Waals surface area contributed by atoms with Gasteiger partial charge in [-0.3, -0.25) is 0 Å². The van der Waals surface area contributed by atoms with E-state index >= 15 is 0 Å². The van der Waals surface area contributed by atoms with E-state index in [1.165, 1.54) is 10.9 Å². The number of hydrogen-bond acceptors (Lipinski definition) is 6. The monoisotopic (exact) mass is 1100 g/mol. The van der Waals surface area contributed by atoms with E-state index in [2.05, 4.69) is 336 Å². The third-order valence-electron chi connectivity index (χ3n) is 16.7. The van der Waals surface area contributed by atoms with Crippen molar-refractivity contribution in [3.05, 3.63) is 322 Å². The van der Waals surface area contributed by atoms with Crippen LogP contribution in [0.2, 0.25) is 0 Å². The van der Waals surface area contributed by atoms with Crippen molar-refractivity contribution in [3.8, 4) is 45.3 Å². The molecule has 0 saturated heterocycles. The minimum absolute atomic E-state index is 0.233. The van der Waals surface area contributed by atoms with Crippen molar-refractivity contribution < 1.29 is 9.47 Å². The first-order valence-corrected chi connectivity index (χ1v) is 29.3. The Morgan fingerprint density at radius 1 is 0.302 bits per heavy atom. The molecule has 0 saturated carbocycles. The van der Waals surface area contributed by atoms with Crippen LogP contribution in [0.3, 0.4) is 0 Å². The molecule has 0 spiro atoms. The fraction of sp³-hybridized carbons (Fsp3) is 0. The summed E-state index contributed by atoms with van der Waals surface area (Å²) in [5, 5.41) is 0. The minimum Gasteiger partial charge on any atom is -0.458 e. The number of benzene rings is 13. The summed E-state index contributed by atoms with van der Waals surface area (Å²) < 4.78 is 14.6. The smallest absolute Gasteiger partial charge is 0.252 e. The SMILES string of the molecule is [B]1c2ccccc2Oc2cc(cc(N(c3ccccc3)c3ccccc3)c2)Oc2cc3c(cc21)B1c2ccccc2N(c2ccccc2)c2cc(N(c4ccccc4)c4ccccc4)cc(c21)N3c1c(-c2ccccc2)cccc1-c1ccccc1. The van der Waals surface area contributed by atoms with Crippen LogP contribution in [0.15, 0.2) is 322 Å². The van der Waals surface area contributed by atoms with Gasteiger partial charge in [-0.2, -0.15) is 0 Å². The van der Waals surface area contributed by atoms with Gasteiger partial charge in [0.25, 0.3) is 6.71 Å². The van der Waals surface area contributed by atoms with E-state index in [0.29, 0.717) is 17.2 Å². The number of ether oxygens (including phenoxy) is 2. The second-order valence-corrected chi connectivity index (χ2v) is 21.8. The van der Waals surface area contributed by atoms with Gasteiger partial charge < -0.3 is 29.1 Å². The highest BCUT2D eigenvalue weighted by molar-refractivity contribution is 7.00. The average Bonchev–Trinajstić information content (AvgIpc) is 0.873. The van der Waals surface area contributed by atoms with Crippen LogP contribution in [0.5, 0.6) is 23.0 Å². The first-order valence-electron chi connectivity index (χ1n) is 29.3. The fourth-order valence-corrected chi connectivity index (χ4v) is 13.0. The van der Waals surface area contributed by atoms with Crippen LogP contribution in [0.25, 0.3) is 22.3 Å². The molecule has 8 heteroatoms. The summed E-state index contributed by atoms with van der Waals surface area (Å²) in [6, 6.07) is 115. The van der Waals surface area contributed by atoms with Crippen LogP contribution in [0, 0.1) is 0 Å². The molecule has 1 radical (unpaired) electrons. The Morgan fingerprint density at radius 3 is 1.31 bits per heavy atom. The predicted molar refractivity (Wildman–Crippen MR) is 359 cm³/mol. The van der Waals surface area contributed by atoms with Crippen molar-refractivity contribution in [3.63, 3.8) is 0 Å². The quantitative estimate of drug-likeness (QED) is 0.127. The number of nitrogens with zero attached hydrogens (tertiary/aromatic N) is 4. The summed E-state index contributed by atoms with van der Waals surface area (Å²) in [4.78, 5) is 9.70. The highest BCUT2D eigenvalue weighted by Crippen LogP contribution is 2.53. The van der Waals surface area contributed by atoms with E-state index in [4.69, 9.17) is 9.47 Å². The standard InChI is InChI=1S/C78H53B2N4O2/c1-8-27-54(28-9-1)65-41-26-42-66(55-29-10-2-11-30-55)78(65)84-72-53-76-68(79-67-43-22-25-46-75(67)85-63-47-61(48-64(51-63)86-76)81(56-31-12-3-13-32-56)57-33-14-4-15-34-57)52-70(72)80-69-44-23-24-45-71(69)83(60-39-20-7-21-40-60)73-49-62(50-74(84)77(73)80)82(58-35-16-5-17-36-58)59-37-18-6-19-38-59/h1-53H. The Morgan fingerprint density at radius 2 is 0.756 bits per heavy atom. The van der Waals surface area contributed by atoms with Gasteiger partial charge in [0, 0.05) is 86.6 Å². The highest BCUT2D eigenvalue weighted by atomic mass is 16.5. The topological polar surface area (TPSA) is 31.4 Å². The van der Waals surface area contributed by atoms with Crippen molar-refractivity contribution in [1.29, 1.82) is 0 Å². The molecule has 13 aromatic carbocycles. The van der Waals surface area contributed by atoms with Crippen LogP contribution in [-0.4, -0.2) is 14.0 Å². The molecule has 3 aliphatic heterocycles. The first kappa shape index (κ1) is 50.5. The summed E-state index contributed by atoms with van der Waals surface area (Å²) in [6.07, 6.45) is 0. The normalized spacial score (nSPS) is 12.4. The highest BCUT2D eigenvalue weighted by Gasteiger charge is 2.45. The number of hydrogen-bond donors (Lipinski definition) is 0. The second-order valence-electron chi connectivity index (χ2n) is 21.8. The zero-order valence-electron chi connectivity index (χ0n) is 46.9. The zero-order chi connectivity index (χ0) is 56.9. The Hall–Kier alpha value is -11.2. The van der Waals surface area contributed by atoms with Crippen molar-refractivity contribution in [2.45, 2.75) is 0 Å². The van der Waals surface area contributed by atoms with Crippen molar-refractivity contribution in [1.82, 2.24) is 0 Å². The molecule has 2 bridgehead atoms. The Kier molecular flexibility index (Phi) is 12.6. The van der Waals surface area contributed by atoms with Gasteiger partial charge in [0.05, 0.1) is 17.1 Å². The number of rotatable bonds is 10. The Bertz CT molecular complexity index is 4500. The number of fused-ring (bicyclic) bond motifs is 8. The van der Waals surface area contributed by atoms with Crippen molar-refractivity contribution in [2.75, 3.05) is 19.6 Å². The molecular weight excluding hydrogens is 1050 g/mol. The van der Waals surface area contributed by atoms with Crippen LogP contribution < -0.4 is 56.4 Å². The van der Waals surface area contributed by atoms with Crippen LogP contribution >= 0.6 is 0 Å². The molecule has 403 valence electrons. The molecule has 3 aliphatic rings. The molecule has 0 fully saturated rings. The van der Waals surface area contributed by atoms with Gasteiger partial charge in [-0.15, -0.1) is 0 Å². The van der Waals surface area contributed by atoms with Gasteiger partial charge in [-0.25, -0.2) is 0 Å². The van der Waals surface area contributed by atoms with Gasteiger partial charge in [0.2, 0.25) is 7.28 Å². The van der Waals surface area contributed by atoms with Gasteiger partial charge in [-0.05, 0) is 123 Å². The largest absolute Gasteiger partial charge is 0.458 e. The zero-order valence-corrected chi connectivity index (χ0v) is 46.9. The van der Waals surface area contributed by atoms with E-state index < -0.39 is 0 Å². The molecule has 86 heavy (non-hydrogen) atoms. The summed E-state index contributed by atoms with van der Waals surface area (Å²) in [5.41, 5.74) is 22.1. The molecule has 13 aromatic rings. The lowest BCUT2D eigenvalue weighted by atomic mass is 9.33. The Labute approximate surface area is 502 Å². The van der Waals surface area contributed by atoms with E-state index in [1.807, 2.05) is 12.1 Å². The number of para-hydroxylation sites is 8. The lowest BCUT2D eigenvalue weighted by molar-refractivity contribution is 0.463. The van der Waals surface area contributed by atoms with Gasteiger partial charge in [0.15, 0.2) is 0 Å².